The average Bonchev–Trinajstić information content (AvgIpc) is 2.97. The molecule has 0 aromatic heterocycles. The number of likely N-dealkylation sites (N-methyl/N-ethyl adjacent to an activating group) is 1. The van der Waals surface area contributed by atoms with Gasteiger partial charge in [-0.15, -0.1) is 11.8 Å². The van der Waals surface area contributed by atoms with Crippen LogP contribution in [0.4, 0.5) is 0 Å². The zero-order valence-electron chi connectivity index (χ0n) is 12.1. The molecule has 2 atom stereocenters. The molecule has 1 amide bonds. The normalized spacial score (nSPS) is 21.2. The van der Waals surface area contributed by atoms with E-state index in [0.717, 1.165) is 5.56 Å². The van der Waals surface area contributed by atoms with Gasteiger partial charge in [0.25, 0.3) is 5.91 Å². The second-order valence-electron chi connectivity index (χ2n) is 5.07. The number of benzene rings is 1. The third-order valence-corrected chi connectivity index (χ3v) is 4.27. The Morgan fingerprint density at radius 2 is 1.90 bits per heavy atom. The van der Waals surface area contributed by atoms with Crippen LogP contribution in [0.1, 0.15) is 18.4 Å². The van der Waals surface area contributed by atoms with E-state index in [2.05, 4.69) is 0 Å². The van der Waals surface area contributed by atoms with Gasteiger partial charge < -0.3 is 14.7 Å². The van der Waals surface area contributed by atoms with Gasteiger partial charge in [0.15, 0.2) is 6.10 Å². The van der Waals surface area contributed by atoms with E-state index in [4.69, 9.17) is 9.84 Å². The molecule has 1 aliphatic rings. The second-order valence-corrected chi connectivity index (χ2v) is 5.95. The van der Waals surface area contributed by atoms with Crippen LogP contribution >= 0.6 is 11.8 Å². The molecule has 5 nitrogen and oxygen atoms in total. The molecule has 114 valence electrons. The minimum absolute atomic E-state index is 0.160. The minimum Gasteiger partial charge on any atom is -0.479 e. The van der Waals surface area contributed by atoms with E-state index in [1.165, 1.54) is 4.90 Å². The minimum atomic E-state index is -0.999. The van der Waals surface area contributed by atoms with Crippen LogP contribution in [0.15, 0.2) is 29.2 Å². The highest BCUT2D eigenvalue weighted by molar-refractivity contribution is 7.98. The molecule has 0 bridgehead atoms. The van der Waals surface area contributed by atoms with Crippen LogP contribution in [0.5, 0.6) is 0 Å². The Hall–Kier alpha value is -1.53. The number of carboxylic acid groups (broad SMARTS) is 1. The summed E-state index contributed by atoms with van der Waals surface area (Å²) in [6.07, 6.45) is 1.38. The number of nitrogens with zero attached hydrogens (tertiary/aromatic N) is 1. The first-order chi connectivity index (χ1) is 10.0. The van der Waals surface area contributed by atoms with E-state index < -0.39 is 18.2 Å². The van der Waals surface area contributed by atoms with Crippen LogP contribution in [0.25, 0.3) is 0 Å². The molecule has 6 heteroatoms. The third kappa shape index (κ3) is 3.98. The summed E-state index contributed by atoms with van der Waals surface area (Å²) in [5.41, 5.74) is 1.04. The van der Waals surface area contributed by atoms with Crippen molar-refractivity contribution in [1.82, 2.24) is 4.90 Å². The van der Waals surface area contributed by atoms with Gasteiger partial charge in [0.1, 0.15) is 6.10 Å². The molecule has 2 rings (SSSR count). The van der Waals surface area contributed by atoms with Gasteiger partial charge in [-0.2, -0.15) is 0 Å². The average molecular weight is 309 g/mol. The zero-order chi connectivity index (χ0) is 15.4. The molecule has 1 aromatic carbocycles. The van der Waals surface area contributed by atoms with Gasteiger partial charge in [-0.1, -0.05) is 12.1 Å². The van der Waals surface area contributed by atoms with Gasteiger partial charge in [0.2, 0.25) is 0 Å². The summed E-state index contributed by atoms with van der Waals surface area (Å²) in [4.78, 5) is 25.8. The lowest BCUT2D eigenvalue weighted by Crippen LogP contribution is -2.36. The van der Waals surface area contributed by atoms with Crippen molar-refractivity contribution in [3.63, 3.8) is 0 Å². The maximum absolute atomic E-state index is 12.2. The number of carbonyl (C=O) groups is 2. The summed E-state index contributed by atoms with van der Waals surface area (Å²) in [6, 6.07) is 8.02. The van der Waals surface area contributed by atoms with Crippen molar-refractivity contribution in [2.75, 3.05) is 13.3 Å². The molecule has 0 aliphatic carbocycles. The first-order valence-electron chi connectivity index (χ1n) is 6.77. The summed E-state index contributed by atoms with van der Waals surface area (Å²) < 4.78 is 5.29. The molecule has 0 radical (unpaired) electrons. The molecule has 0 spiro atoms. The number of amides is 1. The Bertz CT molecular complexity index is 517. The summed E-state index contributed by atoms with van der Waals surface area (Å²) in [5, 5.41) is 8.88. The van der Waals surface area contributed by atoms with Crippen molar-refractivity contribution >= 4 is 23.6 Å². The standard InChI is InChI=1S/C15H19NO4S/c1-16(9-10-3-5-11(21-2)6-4-10)14(17)12-7-8-13(20-12)15(18)19/h3-6,12-13H,7-9H2,1-2H3,(H,18,19)/t12-,13+/m0/s1. The molecule has 1 aliphatic heterocycles. The van der Waals surface area contributed by atoms with Crippen LogP contribution in [0, 0.1) is 0 Å². The number of hydrogen-bond acceptors (Lipinski definition) is 4. The largest absolute Gasteiger partial charge is 0.479 e. The van der Waals surface area contributed by atoms with Crippen LogP contribution < -0.4 is 0 Å². The lowest BCUT2D eigenvalue weighted by molar-refractivity contribution is -0.154. The van der Waals surface area contributed by atoms with Crippen molar-refractivity contribution < 1.29 is 19.4 Å². The molecule has 1 N–H and O–H groups in total. The van der Waals surface area contributed by atoms with E-state index in [0.29, 0.717) is 19.4 Å². The third-order valence-electron chi connectivity index (χ3n) is 3.53. The number of carbonyl (C=O) groups excluding carboxylic acids is 1. The number of hydrogen-bond donors (Lipinski definition) is 1. The smallest absolute Gasteiger partial charge is 0.332 e. The van der Waals surface area contributed by atoms with E-state index in [1.54, 1.807) is 23.7 Å². The van der Waals surface area contributed by atoms with Crippen molar-refractivity contribution in [3.05, 3.63) is 29.8 Å². The fourth-order valence-electron chi connectivity index (χ4n) is 2.33. The molecule has 0 saturated carbocycles. The maximum Gasteiger partial charge on any atom is 0.332 e. The highest BCUT2D eigenvalue weighted by atomic mass is 32.2. The van der Waals surface area contributed by atoms with Gasteiger partial charge >= 0.3 is 5.97 Å². The van der Waals surface area contributed by atoms with Crippen molar-refractivity contribution in [2.24, 2.45) is 0 Å². The Balaban J connectivity index is 1.92. The molecule has 1 aromatic rings. The van der Waals surface area contributed by atoms with Crippen LogP contribution in [-0.2, 0) is 20.9 Å². The molecular formula is C15H19NO4S. The maximum atomic E-state index is 12.2. The predicted octanol–water partition coefficient (Wildman–Crippen LogP) is 2.00. The Kier molecular flexibility index (Phi) is 5.25. The highest BCUT2D eigenvalue weighted by Gasteiger charge is 2.35. The number of ether oxygens (including phenoxy) is 1. The quantitative estimate of drug-likeness (QED) is 0.843. The fraction of sp³-hybridized carbons (Fsp3) is 0.467. The zero-order valence-corrected chi connectivity index (χ0v) is 12.9. The van der Waals surface area contributed by atoms with Crippen LogP contribution in [0.3, 0.4) is 0 Å². The Labute approximate surface area is 128 Å². The van der Waals surface area contributed by atoms with E-state index in [9.17, 15) is 9.59 Å². The summed E-state index contributed by atoms with van der Waals surface area (Å²) in [5.74, 6) is -1.16. The van der Waals surface area contributed by atoms with Crippen LogP contribution in [-0.4, -0.2) is 47.4 Å². The number of rotatable bonds is 5. The highest BCUT2D eigenvalue weighted by Crippen LogP contribution is 2.22. The molecule has 1 fully saturated rings. The summed E-state index contributed by atoms with van der Waals surface area (Å²) in [7, 11) is 1.71. The van der Waals surface area contributed by atoms with Crippen molar-refractivity contribution in [3.8, 4) is 0 Å². The SMILES string of the molecule is CSc1ccc(CN(C)C(=O)[C@@H]2CC[C@H](C(=O)O)O2)cc1. The summed E-state index contributed by atoms with van der Waals surface area (Å²) in [6.45, 7) is 0.491. The Morgan fingerprint density at radius 1 is 1.29 bits per heavy atom. The monoisotopic (exact) mass is 309 g/mol. The van der Waals surface area contributed by atoms with Gasteiger partial charge in [-0.25, -0.2) is 4.79 Å². The second kappa shape index (κ2) is 6.95. The van der Waals surface area contributed by atoms with Gasteiger partial charge in [-0.05, 0) is 36.8 Å². The summed E-state index contributed by atoms with van der Waals surface area (Å²) >= 11 is 1.67. The molecule has 1 saturated heterocycles. The molecule has 1 heterocycles. The number of aliphatic carboxylic acids is 1. The fourth-order valence-corrected chi connectivity index (χ4v) is 2.74. The molecular weight excluding hydrogens is 290 g/mol. The van der Waals surface area contributed by atoms with E-state index >= 15 is 0 Å². The number of thioether (sulfide) groups is 1. The van der Waals surface area contributed by atoms with Gasteiger partial charge in [-0.3, -0.25) is 4.79 Å². The van der Waals surface area contributed by atoms with E-state index in [1.807, 2.05) is 30.5 Å². The van der Waals surface area contributed by atoms with Crippen molar-refractivity contribution in [2.45, 2.75) is 36.5 Å². The van der Waals surface area contributed by atoms with Crippen molar-refractivity contribution in [1.29, 1.82) is 0 Å². The van der Waals surface area contributed by atoms with Gasteiger partial charge in [0.05, 0.1) is 0 Å². The first-order valence-corrected chi connectivity index (χ1v) is 8.00. The lowest BCUT2D eigenvalue weighted by Gasteiger charge is -2.21. The lowest BCUT2D eigenvalue weighted by atomic mass is 10.1. The Morgan fingerprint density at radius 3 is 2.43 bits per heavy atom. The van der Waals surface area contributed by atoms with Gasteiger partial charge in [0, 0.05) is 18.5 Å². The molecule has 0 unspecified atom stereocenters. The van der Waals surface area contributed by atoms with E-state index in [-0.39, 0.29) is 5.91 Å². The molecule has 21 heavy (non-hydrogen) atoms. The van der Waals surface area contributed by atoms with Crippen LogP contribution in [0.2, 0.25) is 0 Å². The predicted molar refractivity (Wildman–Crippen MR) is 80.2 cm³/mol. The first kappa shape index (κ1) is 15.9. The topological polar surface area (TPSA) is 66.8 Å². The number of carboxylic acids is 1.